The molecule has 0 aliphatic rings. The Morgan fingerprint density at radius 1 is 1.64 bits per heavy atom. The summed E-state index contributed by atoms with van der Waals surface area (Å²) in [6.07, 6.45) is 0. The molecule has 66 valence electrons. The van der Waals surface area contributed by atoms with Gasteiger partial charge in [-0.2, -0.15) is 5.48 Å². The van der Waals surface area contributed by atoms with E-state index in [4.69, 9.17) is 5.73 Å². The summed E-state index contributed by atoms with van der Waals surface area (Å²) < 4.78 is 0. The van der Waals surface area contributed by atoms with E-state index < -0.39 is 0 Å². The Kier molecular flexibility index (Phi) is 4.07. The first-order chi connectivity index (χ1) is 4.98. The Bertz CT molecular complexity index is 120. The first-order valence-electron chi connectivity index (χ1n) is 3.56. The fraction of sp³-hybridized carbons (Fsp3) is 0.857. The van der Waals surface area contributed by atoms with Crippen LogP contribution in [0.5, 0.6) is 0 Å². The van der Waals surface area contributed by atoms with Crippen molar-refractivity contribution in [1.82, 2.24) is 5.48 Å². The Labute approximate surface area is 67.0 Å². The number of hydroxylamine groups is 1. The summed E-state index contributed by atoms with van der Waals surface area (Å²) >= 11 is 0. The fourth-order valence-corrected chi connectivity index (χ4v) is 0.478. The van der Waals surface area contributed by atoms with E-state index >= 15 is 0 Å². The van der Waals surface area contributed by atoms with Crippen molar-refractivity contribution in [2.75, 3.05) is 6.54 Å². The van der Waals surface area contributed by atoms with Crippen LogP contribution in [0.1, 0.15) is 20.8 Å². The number of nitrogens with two attached hydrogens (primary N) is 1. The van der Waals surface area contributed by atoms with Gasteiger partial charge >= 0.3 is 6.47 Å². The lowest BCUT2D eigenvalue weighted by molar-refractivity contribution is -0.135. The maximum Gasteiger partial charge on any atom is 0.312 e. The number of rotatable bonds is 4. The summed E-state index contributed by atoms with van der Waals surface area (Å²) in [7, 11) is 0. The third-order valence-corrected chi connectivity index (χ3v) is 1.55. The van der Waals surface area contributed by atoms with Gasteiger partial charge in [-0.05, 0) is 5.41 Å². The van der Waals surface area contributed by atoms with Crippen molar-refractivity contribution in [2.24, 2.45) is 11.1 Å². The molecule has 0 spiro atoms. The van der Waals surface area contributed by atoms with Gasteiger partial charge in [-0.3, -0.25) is 4.79 Å². The summed E-state index contributed by atoms with van der Waals surface area (Å²) in [5.41, 5.74) is 8.21. The molecular weight excluding hydrogens is 144 g/mol. The normalized spacial score (nSPS) is 14.2. The lowest BCUT2D eigenvalue weighted by atomic mass is 9.88. The lowest BCUT2D eigenvalue weighted by Crippen LogP contribution is -2.43. The summed E-state index contributed by atoms with van der Waals surface area (Å²) in [5.74, 6) is 0. The molecule has 1 unspecified atom stereocenters. The molecule has 0 bridgehead atoms. The lowest BCUT2D eigenvalue weighted by Gasteiger charge is -2.26. The van der Waals surface area contributed by atoms with Gasteiger partial charge in [-0.25, -0.2) is 0 Å². The molecule has 0 aromatic rings. The minimum Gasteiger partial charge on any atom is -0.374 e. The van der Waals surface area contributed by atoms with Gasteiger partial charge < -0.3 is 10.6 Å². The standard InChI is InChI=1S/C7H16N2O2/c1-7(2,3)6(8)4-9-11-5-10/h5-6,9H,4,8H2,1-3H3. The van der Waals surface area contributed by atoms with Crippen molar-refractivity contribution in [3.05, 3.63) is 0 Å². The minimum absolute atomic E-state index is 0.0255. The largest absolute Gasteiger partial charge is 0.374 e. The molecule has 0 saturated heterocycles. The van der Waals surface area contributed by atoms with Gasteiger partial charge in [-0.1, -0.05) is 20.8 Å². The molecule has 0 heterocycles. The Hall–Kier alpha value is -0.610. The van der Waals surface area contributed by atoms with Gasteiger partial charge in [0.15, 0.2) is 0 Å². The van der Waals surface area contributed by atoms with Crippen molar-refractivity contribution in [3.63, 3.8) is 0 Å². The van der Waals surface area contributed by atoms with E-state index in [0.717, 1.165) is 0 Å². The van der Waals surface area contributed by atoms with Crippen molar-refractivity contribution in [1.29, 1.82) is 0 Å². The quantitative estimate of drug-likeness (QED) is 0.346. The van der Waals surface area contributed by atoms with Crippen LogP contribution in [-0.2, 0) is 9.63 Å². The first-order valence-corrected chi connectivity index (χ1v) is 3.56. The highest BCUT2D eigenvalue weighted by Crippen LogP contribution is 2.16. The van der Waals surface area contributed by atoms with Crippen molar-refractivity contribution in [3.8, 4) is 0 Å². The summed E-state index contributed by atoms with van der Waals surface area (Å²) in [5, 5.41) is 0. The van der Waals surface area contributed by atoms with Gasteiger partial charge in [-0.15, -0.1) is 0 Å². The fourth-order valence-electron chi connectivity index (χ4n) is 0.478. The molecule has 11 heavy (non-hydrogen) atoms. The molecule has 0 fully saturated rings. The van der Waals surface area contributed by atoms with Crippen LogP contribution in [0, 0.1) is 5.41 Å². The summed E-state index contributed by atoms with van der Waals surface area (Å²) in [4.78, 5) is 14.0. The van der Waals surface area contributed by atoms with Gasteiger partial charge in [0.2, 0.25) is 0 Å². The maximum atomic E-state index is 9.71. The third-order valence-electron chi connectivity index (χ3n) is 1.55. The van der Waals surface area contributed by atoms with Gasteiger partial charge in [0, 0.05) is 12.6 Å². The molecule has 0 rings (SSSR count). The molecule has 3 N–H and O–H groups in total. The molecule has 0 aromatic heterocycles. The number of carbonyl (C=O) groups excluding carboxylic acids is 1. The predicted molar refractivity (Wildman–Crippen MR) is 42.6 cm³/mol. The van der Waals surface area contributed by atoms with Crippen LogP contribution in [0.25, 0.3) is 0 Å². The Balaban J connectivity index is 3.52. The number of hydrogen-bond donors (Lipinski definition) is 2. The van der Waals surface area contributed by atoms with Crippen LogP contribution < -0.4 is 11.2 Å². The predicted octanol–water partition coefficient (Wildman–Crippen LogP) is 0.0374. The molecule has 0 aliphatic carbocycles. The molecule has 0 amide bonds. The molecule has 1 atom stereocenters. The molecule has 0 radical (unpaired) electrons. The van der Waals surface area contributed by atoms with E-state index in [9.17, 15) is 4.79 Å². The second kappa shape index (κ2) is 4.31. The monoisotopic (exact) mass is 160 g/mol. The minimum atomic E-state index is -0.0255. The van der Waals surface area contributed by atoms with Crippen molar-refractivity contribution >= 4 is 6.47 Å². The molecular formula is C7H16N2O2. The number of carbonyl (C=O) groups is 1. The molecule has 0 aromatic carbocycles. The highest BCUT2D eigenvalue weighted by Gasteiger charge is 2.19. The summed E-state index contributed by atoms with van der Waals surface area (Å²) in [6.45, 7) is 6.90. The molecule has 4 heteroatoms. The Morgan fingerprint density at radius 2 is 2.18 bits per heavy atom. The van der Waals surface area contributed by atoms with Crippen LogP contribution >= 0.6 is 0 Å². The van der Waals surface area contributed by atoms with Gasteiger partial charge in [0.25, 0.3) is 0 Å². The van der Waals surface area contributed by atoms with E-state index in [1.165, 1.54) is 0 Å². The smallest absolute Gasteiger partial charge is 0.312 e. The zero-order chi connectivity index (χ0) is 8.91. The topological polar surface area (TPSA) is 64.3 Å². The van der Waals surface area contributed by atoms with E-state index in [2.05, 4.69) is 10.3 Å². The van der Waals surface area contributed by atoms with Gasteiger partial charge in [0.05, 0.1) is 0 Å². The number of hydrogen-bond acceptors (Lipinski definition) is 4. The zero-order valence-corrected chi connectivity index (χ0v) is 7.26. The van der Waals surface area contributed by atoms with E-state index in [1.807, 2.05) is 20.8 Å². The highest BCUT2D eigenvalue weighted by molar-refractivity contribution is 5.36. The second-order valence-electron chi connectivity index (χ2n) is 3.54. The van der Waals surface area contributed by atoms with E-state index in [0.29, 0.717) is 13.0 Å². The van der Waals surface area contributed by atoms with Crippen LogP contribution in [0.15, 0.2) is 0 Å². The third kappa shape index (κ3) is 4.75. The maximum absolute atomic E-state index is 9.71. The molecule has 4 nitrogen and oxygen atoms in total. The Morgan fingerprint density at radius 3 is 2.55 bits per heavy atom. The first kappa shape index (κ1) is 10.4. The highest BCUT2D eigenvalue weighted by atomic mass is 16.7. The molecule has 0 aliphatic heterocycles. The average molecular weight is 160 g/mol. The van der Waals surface area contributed by atoms with E-state index in [1.54, 1.807) is 0 Å². The zero-order valence-electron chi connectivity index (χ0n) is 7.26. The van der Waals surface area contributed by atoms with Crippen LogP contribution in [0.3, 0.4) is 0 Å². The van der Waals surface area contributed by atoms with Crippen molar-refractivity contribution < 1.29 is 9.63 Å². The van der Waals surface area contributed by atoms with Crippen LogP contribution in [0.4, 0.5) is 0 Å². The van der Waals surface area contributed by atoms with Crippen LogP contribution in [0.2, 0.25) is 0 Å². The SMILES string of the molecule is CC(C)(C)C(N)CNOC=O. The van der Waals surface area contributed by atoms with Crippen LogP contribution in [-0.4, -0.2) is 19.1 Å². The number of nitrogens with one attached hydrogen (secondary N) is 1. The van der Waals surface area contributed by atoms with Gasteiger partial charge in [0.1, 0.15) is 0 Å². The average Bonchev–Trinajstić information content (AvgIpc) is 1.86. The van der Waals surface area contributed by atoms with E-state index in [-0.39, 0.29) is 11.5 Å². The molecule has 0 saturated carbocycles. The second-order valence-corrected chi connectivity index (χ2v) is 3.54. The summed E-state index contributed by atoms with van der Waals surface area (Å²) in [6, 6.07) is -0.0255. The van der Waals surface area contributed by atoms with Crippen molar-refractivity contribution in [2.45, 2.75) is 26.8 Å².